The monoisotopic (exact) mass is 402 g/mol. The summed E-state index contributed by atoms with van der Waals surface area (Å²) in [5, 5.41) is 13.3. The quantitative estimate of drug-likeness (QED) is 0.606. The Hall–Kier alpha value is -3.27. The molecular formula is C18H18N4O5S. The van der Waals surface area contributed by atoms with E-state index in [9.17, 15) is 23.3 Å². The number of rotatable bonds is 5. The van der Waals surface area contributed by atoms with Crippen LogP contribution in [-0.4, -0.2) is 43.6 Å². The van der Waals surface area contributed by atoms with Gasteiger partial charge < -0.3 is 10.2 Å². The molecule has 0 saturated carbocycles. The smallest absolute Gasteiger partial charge is 0.283 e. The number of amides is 1. The van der Waals surface area contributed by atoms with Gasteiger partial charge in [0.1, 0.15) is 5.84 Å². The van der Waals surface area contributed by atoms with Crippen LogP contribution in [-0.2, 0) is 10.0 Å². The van der Waals surface area contributed by atoms with Gasteiger partial charge in [-0.05, 0) is 42.8 Å². The third-order valence-electron chi connectivity index (χ3n) is 4.31. The zero-order valence-corrected chi connectivity index (χ0v) is 15.8. The van der Waals surface area contributed by atoms with Gasteiger partial charge in [-0.3, -0.25) is 14.9 Å². The van der Waals surface area contributed by atoms with E-state index in [4.69, 9.17) is 0 Å². The molecule has 9 nitrogen and oxygen atoms in total. The minimum Gasteiger partial charge on any atom is -0.362 e. The molecule has 0 spiro atoms. The lowest BCUT2D eigenvalue weighted by Gasteiger charge is -2.11. The number of nitrogens with zero attached hydrogens (tertiary/aromatic N) is 3. The van der Waals surface area contributed by atoms with Crippen molar-refractivity contribution >= 4 is 33.1 Å². The van der Waals surface area contributed by atoms with Crippen LogP contribution in [0.25, 0.3) is 0 Å². The molecule has 0 aromatic heterocycles. The molecule has 2 aromatic carbocycles. The number of carbonyl (C=O) groups excluding carboxylic acids is 1. The van der Waals surface area contributed by atoms with Gasteiger partial charge in [0.2, 0.25) is 0 Å². The van der Waals surface area contributed by atoms with Crippen LogP contribution < -0.4 is 5.32 Å². The van der Waals surface area contributed by atoms with Gasteiger partial charge in [-0.2, -0.15) is 8.42 Å². The van der Waals surface area contributed by atoms with Crippen LogP contribution in [0.5, 0.6) is 0 Å². The topological polar surface area (TPSA) is 122 Å². The molecule has 1 N–H and O–H groups in total. The van der Waals surface area contributed by atoms with Crippen LogP contribution in [0.3, 0.4) is 0 Å². The minimum absolute atomic E-state index is 0.0358. The number of hydrogen-bond donors (Lipinski definition) is 1. The zero-order chi connectivity index (χ0) is 20.3. The fourth-order valence-electron chi connectivity index (χ4n) is 2.75. The van der Waals surface area contributed by atoms with E-state index in [1.54, 1.807) is 7.05 Å². The summed E-state index contributed by atoms with van der Waals surface area (Å²) in [6, 6.07) is 10.9. The average Bonchev–Trinajstić information content (AvgIpc) is 3.06. The summed E-state index contributed by atoms with van der Waals surface area (Å²) in [7, 11) is -2.01. The maximum Gasteiger partial charge on any atom is 0.283 e. The van der Waals surface area contributed by atoms with Crippen LogP contribution >= 0.6 is 0 Å². The Morgan fingerprint density at radius 1 is 1.14 bits per heavy atom. The molecule has 146 valence electrons. The molecule has 0 radical (unpaired) electrons. The van der Waals surface area contributed by atoms with Gasteiger partial charge in [-0.15, -0.1) is 4.40 Å². The predicted molar refractivity (Wildman–Crippen MR) is 104 cm³/mol. The molecule has 0 bridgehead atoms. The molecule has 0 unspecified atom stereocenters. The van der Waals surface area contributed by atoms with E-state index in [-0.39, 0.29) is 16.1 Å². The van der Waals surface area contributed by atoms with Crippen molar-refractivity contribution in [1.82, 2.24) is 4.90 Å². The Kier molecular flexibility index (Phi) is 5.41. The van der Waals surface area contributed by atoms with Crippen LogP contribution in [0.15, 0.2) is 57.8 Å². The number of amidine groups is 1. The largest absolute Gasteiger partial charge is 0.362 e. The molecule has 1 aliphatic rings. The van der Waals surface area contributed by atoms with Crippen LogP contribution in [0.1, 0.15) is 23.2 Å². The third kappa shape index (κ3) is 4.34. The number of non-ortho nitro benzene ring substituents is 1. The van der Waals surface area contributed by atoms with Crippen molar-refractivity contribution in [2.24, 2.45) is 4.40 Å². The number of hydrogen-bond acceptors (Lipinski definition) is 5. The van der Waals surface area contributed by atoms with Gasteiger partial charge in [0.25, 0.3) is 21.6 Å². The first-order valence-corrected chi connectivity index (χ1v) is 9.91. The highest BCUT2D eigenvalue weighted by Gasteiger charge is 2.20. The maximum absolute atomic E-state index is 12.4. The van der Waals surface area contributed by atoms with Crippen molar-refractivity contribution in [2.45, 2.75) is 17.7 Å². The molecule has 28 heavy (non-hydrogen) atoms. The van der Waals surface area contributed by atoms with E-state index in [1.807, 2.05) is 4.90 Å². The molecule has 1 fully saturated rings. The molecule has 3 rings (SSSR count). The van der Waals surface area contributed by atoms with E-state index >= 15 is 0 Å². The second-order valence-corrected chi connectivity index (χ2v) is 7.89. The molecule has 0 aliphatic carbocycles. The van der Waals surface area contributed by atoms with Crippen LogP contribution in [0.4, 0.5) is 11.4 Å². The number of anilines is 1. The number of benzene rings is 2. The SMILES string of the molecule is CN1CCC/C1=N\S(=O)(=O)c1ccc(NC(=O)c2ccc([N+](=O)[O-])cc2)cc1. The van der Waals surface area contributed by atoms with Crippen molar-refractivity contribution in [3.8, 4) is 0 Å². The van der Waals surface area contributed by atoms with Crippen molar-refractivity contribution in [3.05, 3.63) is 64.2 Å². The first-order chi connectivity index (χ1) is 13.3. The number of nitro groups is 1. The number of carbonyl (C=O) groups is 1. The Morgan fingerprint density at radius 2 is 1.79 bits per heavy atom. The first-order valence-electron chi connectivity index (χ1n) is 8.47. The van der Waals surface area contributed by atoms with Crippen molar-refractivity contribution in [2.75, 3.05) is 18.9 Å². The highest BCUT2D eigenvalue weighted by Crippen LogP contribution is 2.20. The maximum atomic E-state index is 12.4. The van der Waals surface area contributed by atoms with Crippen LogP contribution in [0, 0.1) is 10.1 Å². The average molecular weight is 402 g/mol. The Labute approximate surface area is 161 Å². The third-order valence-corrected chi connectivity index (χ3v) is 5.63. The lowest BCUT2D eigenvalue weighted by atomic mass is 10.2. The molecular weight excluding hydrogens is 384 g/mol. The fraction of sp³-hybridized carbons (Fsp3) is 0.222. The Bertz CT molecular complexity index is 1030. The number of nitrogens with one attached hydrogen (secondary N) is 1. The molecule has 2 aromatic rings. The molecule has 1 saturated heterocycles. The Balaban J connectivity index is 1.72. The highest BCUT2D eigenvalue weighted by atomic mass is 32.2. The highest BCUT2D eigenvalue weighted by molar-refractivity contribution is 7.90. The summed E-state index contributed by atoms with van der Waals surface area (Å²) >= 11 is 0. The van der Waals surface area contributed by atoms with E-state index in [0.29, 0.717) is 17.9 Å². The summed E-state index contributed by atoms with van der Waals surface area (Å²) in [5.41, 5.74) is 0.534. The lowest BCUT2D eigenvalue weighted by Crippen LogP contribution is -2.20. The first kappa shape index (κ1) is 19.5. The summed E-state index contributed by atoms with van der Waals surface area (Å²) in [6.07, 6.45) is 1.50. The van der Waals surface area contributed by atoms with Gasteiger partial charge in [0.05, 0.1) is 9.82 Å². The second kappa shape index (κ2) is 7.77. The Morgan fingerprint density at radius 3 is 2.32 bits per heavy atom. The van der Waals surface area contributed by atoms with Gasteiger partial charge in [-0.25, -0.2) is 0 Å². The van der Waals surface area contributed by atoms with E-state index in [1.165, 1.54) is 48.5 Å². The summed E-state index contributed by atoms with van der Waals surface area (Å²) in [4.78, 5) is 24.2. The molecule has 0 atom stereocenters. The molecule has 1 aliphatic heterocycles. The summed E-state index contributed by atoms with van der Waals surface area (Å²) in [6.45, 7) is 0.780. The number of likely N-dealkylation sites (tertiary alicyclic amines) is 1. The fourth-order valence-corrected chi connectivity index (χ4v) is 3.84. The summed E-state index contributed by atoms with van der Waals surface area (Å²) < 4.78 is 28.7. The number of nitro benzene ring substituents is 1. The zero-order valence-electron chi connectivity index (χ0n) is 15.0. The van der Waals surface area contributed by atoms with Crippen LogP contribution in [0.2, 0.25) is 0 Å². The van der Waals surface area contributed by atoms with Gasteiger partial charge >= 0.3 is 0 Å². The standard InChI is InChI=1S/C18H18N4O5S/c1-21-12-2-3-17(21)20-28(26,27)16-10-6-14(7-11-16)19-18(23)13-4-8-15(9-5-13)22(24)25/h4-11H,2-3,12H2,1H3,(H,19,23)/b20-17+. The molecule has 10 heteroatoms. The molecule has 1 amide bonds. The predicted octanol–water partition coefficient (Wildman–Crippen LogP) is 2.66. The molecule has 1 heterocycles. The second-order valence-electron chi connectivity index (χ2n) is 6.29. The van der Waals surface area contributed by atoms with Gasteiger partial charge in [0, 0.05) is 43.4 Å². The number of sulfonamides is 1. The van der Waals surface area contributed by atoms with Crippen molar-refractivity contribution in [1.29, 1.82) is 0 Å². The van der Waals surface area contributed by atoms with Gasteiger partial charge in [0.15, 0.2) is 0 Å². The van der Waals surface area contributed by atoms with Crippen molar-refractivity contribution in [3.63, 3.8) is 0 Å². The minimum atomic E-state index is -3.82. The van der Waals surface area contributed by atoms with E-state index < -0.39 is 20.9 Å². The van der Waals surface area contributed by atoms with E-state index in [2.05, 4.69) is 9.71 Å². The van der Waals surface area contributed by atoms with Gasteiger partial charge in [-0.1, -0.05) is 0 Å². The lowest BCUT2D eigenvalue weighted by molar-refractivity contribution is -0.384. The van der Waals surface area contributed by atoms with E-state index in [0.717, 1.165) is 13.0 Å². The summed E-state index contributed by atoms with van der Waals surface area (Å²) in [5.74, 6) is 0.0777. The normalized spacial score (nSPS) is 15.6. The van der Waals surface area contributed by atoms with Crippen molar-refractivity contribution < 1.29 is 18.1 Å².